The van der Waals surface area contributed by atoms with Crippen LogP contribution < -0.4 is 10.0 Å². The Morgan fingerprint density at radius 1 is 1.06 bits per heavy atom. The van der Waals surface area contributed by atoms with E-state index in [4.69, 9.17) is 0 Å². The quantitative estimate of drug-likeness (QED) is 0.865. The maximum Gasteiger partial charge on any atom is 0.232 e. The summed E-state index contributed by atoms with van der Waals surface area (Å²) in [6.45, 7) is 6.10. The third kappa shape index (κ3) is 5.40. The first-order valence-electron chi connectivity index (χ1n) is 6.00. The van der Waals surface area contributed by atoms with Gasteiger partial charge in [-0.1, -0.05) is 20.8 Å². The highest BCUT2D eigenvalue weighted by Crippen LogP contribution is 2.20. The molecule has 0 bridgehead atoms. The van der Waals surface area contributed by atoms with Crippen molar-refractivity contribution in [1.29, 1.82) is 0 Å². The molecule has 0 unspecified atom stereocenters. The number of sulfonamides is 1. The standard InChI is InChI=1S/C13H22N2O2S/c1-13(2,3)9-10-18(16,17)15-12-7-5-11(14-4)6-8-12/h5-8,14-15H,9-10H2,1-4H3. The molecule has 0 aliphatic rings. The van der Waals surface area contributed by atoms with E-state index in [1.165, 1.54) is 0 Å². The summed E-state index contributed by atoms with van der Waals surface area (Å²) in [7, 11) is -1.44. The van der Waals surface area contributed by atoms with Crippen LogP contribution in [0.1, 0.15) is 27.2 Å². The molecule has 2 N–H and O–H groups in total. The van der Waals surface area contributed by atoms with E-state index in [0.717, 1.165) is 5.69 Å². The number of nitrogens with one attached hydrogen (secondary N) is 2. The molecule has 0 saturated carbocycles. The molecule has 0 amide bonds. The van der Waals surface area contributed by atoms with Crippen LogP contribution in [0.5, 0.6) is 0 Å². The monoisotopic (exact) mass is 270 g/mol. The van der Waals surface area contributed by atoms with Gasteiger partial charge in [0.05, 0.1) is 5.75 Å². The molecule has 0 atom stereocenters. The third-order valence-corrected chi connectivity index (χ3v) is 3.86. The van der Waals surface area contributed by atoms with E-state index in [1.54, 1.807) is 12.1 Å². The first kappa shape index (κ1) is 14.8. The molecule has 0 aliphatic heterocycles. The summed E-state index contributed by atoms with van der Waals surface area (Å²) in [5.41, 5.74) is 1.57. The van der Waals surface area contributed by atoms with Crippen molar-refractivity contribution in [3.05, 3.63) is 24.3 Å². The van der Waals surface area contributed by atoms with Crippen LogP contribution in [-0.4, -0.2) is 21.2 Å². The fourth-order valence-corrected chi connectivity index (χ4v) is 2.85. The normalized spacial score (nSPS) is 12.2. The number of rotatable bonds is 5. The summed E-state index contributed by atoms with van der Waals surface area (Å²) in [5.74, 6) is 0.143. The van der Waals surface area contributed by atoms with Crippen LogP contribution in [0, 0.1) is 5.41 Å². The lowest BCUT2D eigenvalue weighted by Crippen LogP contribution is -2.20. The molecule has 0 saturated heterocycles. The van der Waals surface area contributed by atoms with Gasteiger partial charge in [-0.3, -0.25) is 4.72 Å². The Kier molecular flexibility index (Phi) is 4.62. The summed E-state index contributed by atoms with van der Waals surface area (Å²) in [6.07, 6.45) is 0.636. The molecule has 0 heterocycles. The smallest absolute Gasteiger partial charge is 0.232 e. The zero-order valence-electron chi connectivity index (χ0n) is 11.4. The zero-order chi connectivity index (χ0) is 13.8. The number of hydrogen-bond acceptors (Lipinski definition) is 3. The molecule has 0 radical (unpaired) electrons. The maximum atomic E-state index is 11.9. The predicted molar refractivity (Wildman–Crippen MR) is 77.5 cm³/mol. The van der Waals surface area contributed by atoms with E-state index in [1.807, 2.05) is 40.0 Å². The summed E-state index contributed by atoms with van der Waals surface area (Å²) in [5, 5.41) is 2.98. The Balaban J connectivity index is 2.64. The van der Waals surface area contributed by atoms with Crippen LogP contribution in [0.3, 0.4) is 0 Å². The van der Waals surface area contributed by atoms with Gasteiger partial charge in [0.25, 0.3) is 0 Å². The van der Waals surface area contributed by atoms with Crippen molar-refractivity contribution >= 4 is 21.4 Å². The fourth-order valence-electron chi connectivity index (χ4n) is 1.38. The lowest BCUT2D eigenvalue weighted by atomic mass is 9.94. The lowest BCUT2D eigenvalue weighted by molar-refractivity contribution is 0.397. The average molecular weight is 270 g/mol. The molecule has 0 fully saturated rings. The predicted octanol–water partition coefficient (Wildman–Crippen LogP) is 2.91. The number of benzene rings is 1. The van der Waals surface area contributed by atoms with Crippen molar-refractivity contribution in [1.82, 2.24) is 0 Å². The highest BCUT2D eigenvalue weighted by Gasteiger charge is 2.17. The number of anilines is 2. The molecule has 1 aromatic rings. The molecule has 1 aromatic carbocycles. The molecule has 4 nitrogen and oxygen atoms in total. The van der Waals surface area contributed by atoms with E-state index < -0.39 is 10.0 Å². The summed E-state index contributed by atoms with van der Waals surface area (Å²) < 4.78 is 26.3. The third-order valence-electron chi connectivity index (χ3n) is 2.57. The maximum absolute atomic E-state index is 11.9. The van der Waals surface area contributed by atoms with Crippen molar-refractivity contribution in [2.45, 2.75) is 27.2 Å². The number of hydrogen-bond donors (Lipinski definition) is 2. The van der Waals surface area contributed by atoms with Gasteiger partial charge in [-0.15, -0.1) is 0 Å². The average Bonchev–Trinajstić information content (AvgIpc) is 2.26. The minimum Gasteiger partial charge on any atom is -0.388 e. The van der Waals surface area contributed by atoms with Gasteiger partial charge in [-0.25, -0.2) is 8.42 Å². The van der Waals surface area contributed by atoms with Crippen molar-refractivity contribution in [2.75, 3.05) is 22.8 Å². The summed E-state index contributed by atoms with van der Waals surface area (Å²) in [4.78, 5) is 0. The SMILES string of the molecule is CNc1ccc(NS(=O)(=O)CCC(C)(C)C)cc1. The van der Waals surface area contributed by atoms with E-state index in [0.29, 0.717) is 12.1 Å². The second-order valence-electron chi connectivity index (χ2n) is 5.56. The lowest BCUT2D eigenvalue weighted by Gasteiger charge is -2.18. The van der Waals surface area contributed by atoms with E-state index in [-0.39, 0.29) is 11.2 Å². The van der Waals surface area contributed by atoms with Crippen LogP contribution in [0.25, 0.3) is 0 Å². The molecule has 0 aliphatic carbocycles. The second kappa shape index (κ2) is 5.61. The van der Waals surface area contributed by atoms with Gasteiger partial charge < -0.3 is 5.32 Å². The Labute approximate surface area is 110 Å². The van der Waals surface area contributed by atoms with Gasteiger partial charge in [0.15, 0.2) is 0 Å². The van der Waals surface area contributed by atoms with Crippen molar-refractivity contribution in [3.8, 4) is 0 Å². The Morgan fingerprint density at radius 2 is 1.56 bits per heavy atom. The Bertz CT molecular complexity index is 473. The molecule has 5 heteroatoms. The highest BCUT2D eigenvalue weighted by molar-refractivity contribution is 7.92. The minimum atomic E-state index is -3.26. The molecular weight excluding hydrogens is 248 g/mol. The van der Waals surface area contributed by atoms with Crippen LogP contribution in [0.2, 0.25) is 0 Å². The first-order valence-corrected chi connectivity index (χ1v) is 7.65. The Hall–Kier alpha value is -1.23. The van der Waals surface area contributed by atoms with Crippen molar-refractivity contribution < 1.29 is 8.42 Å². The van der Waals surface area contributed by atoms with Crippen LogP contribution in [0.4, 0.5) is 11.4 Å². The molecule has 0 aromatic heterocycles. The van der Waals surface area contributed by atoms with Crippen LogP contribution >= 0.6 is 0 Å². The first-order chi connectivity index (χ1) is 8.22. The van der Waals surface area contributed by atoms with Gasteiger partial charge in [0.1, 0.15) is 0 Å². The molecule has 1 rings (SSSR count). The van der Waals surface area contributed by atoms with Gasteiger partial charge >= 0.3 is 0 Å². The molecular formula is C13H22N2O2S. The zero-order valence-corrected chi connectivity index (χ0v) is 12.3. The van der Waals surface area contributed by atoms with E-state index in [9.17, 15) is 8.42 Å². The van der Waals surface area contributed by atoms with Gasteiger partial charge in [0.2, 0.25) is 10.0 Å². The topological polar surface area (TPSA) is 58.2 Å². The fraction of sp³-hybridized carbons (Fsp3) is 0.538. The van der Waals surface area contributed by atoms with Gasteiger partial charge in [-0.2, -0.15) is 0 Å². The summed E-state index contributed by atoms with van der Waals surface area (Å²) in [6, 6.07) is 7.17. The minimum absolute atomic E-state index is 0.0186. The molecule has 0 spiro atoms. The van der Waals surface area contributed by atoms with Crippen LogP contribution in [-0.2, 0) is 10.0 Å². The molecule has 18 heavy (non-hydrogen) atoms. The highest BCUT2D eigenvalue weighted by atomic mass is 32.2. The Morgan fingerprint density at radius 3 is 2.00 bits per heavy atom. The molecule has 102 valence electrons. The van der Waals surface area contributed by atoms with Crippen molar-refractivity contribution in [2.24, 2.45) is 5.41 Å². The van der Waals surface area contributed by atoms with Gasteiger partial charge in [-0.05, 0) is 36.1 Å². The summed E-state index contributed by atoms with van der Waals surface area (Å²) >= 11 is 0. The van der Waals surface area contributed by atoms with E-state index in [2.05, 4.69) is 10.0 Å². The largest absolute Gasteiger partial charge is 0.388 e. The van der Waals surface area contributed by atoms with Gasteiger partial charge in [0, 0.05) is 18.4 Å². The second-order valence-corrected chi connectivity index (χ2v) is 7.40. The van der Waals surface area contributed by atoms with Crippen LogP contribution in [0.15, 0.2) is 24.3 Å². The van der Waals surface area contributed by atoms with Crippen molar-refractivity contribution in [3.63, 3.8) is 0 Å². The van der Waals surface area contributed by atoms with E-state index >= 15 is 0 Å².